The van der Waals surface area contributed by atoms with E-state index in [0.717, 1.165) is 41.1 Å². The van der Waals surface area contributed by atoms with Gasteiger partial charge in [0, 0.05) is 17.5 Å². The fourth-order valence-corrected chi connectivity index (χ4v) is 4.75. The number of nitrogens with zero attached hydrogens (tertiary/aromatic N) is 3. The van der Waals surface area contributed by atoms with Crippen LogP contribution in [0.4, 0.5) is 22.0 Å². The average Bonchev–Trinajstić information content (AvgIpc) is 3.42. The van der Waals surface area contributed by atoms with E-state index in [0.29, 0.717) is 4.57 Å². The number of alkyl halides is 2. The van der Waals surface area contributed by atoms with Crippen molar-refractivity contribution in [2.24, 2.45) is 0 Å². The molecule has 5 rings (SSSR count). The second kappa shape index (κ2) is 7.87. The zero-order valence-corrected chi connectivity index (χ0v) is 18.1. The SMILES string of the molecule is CCS(=O)N[C@@H]1Cn2c(cn(-c3noc4ccc(F)c(-c5c(F)cccc5F)c34)c2=O)C1(F)F. The Morgan fingerprint density at radius 1 is 1.15 bits per heavy atom. The number of benzene rings is 2. The van der Waals surface area contributed by atoms with Crippen LogP contribution in [-0.2, 0) is 23.5 Å². The third-order valence-electron chi connectivity index (χ3n) is 5.67. The van der Waals surface area contributed by atoms with Crippen LogP contribution in [0, 0.1) is 17.5 Å². The monoisotopic (exact) mass is 498 g/mol. The molecular formula is C21H15F5N4O3S. The van der Waals surface area contributed by atoms with Crippen LogP contribution < -0.4 is 10.4 Å². The Labute approximate surface area is 190 Å². The Kier molecular flexibility index (Phi) is 5.20. The number of hydrogen-bond acceptors (Lipinski definition) is 4. The van der Waals surface area contributed by atoms with E-state index in [-0.39, 0.29) is 16.7 Å². The van der Waals surface area contributed by atoms with Crippen molar-refractivity contribution >= 4 is 22.0 Å². The Morgan fingerprint density at radius 2 is 1.82 bits per heavy atom. The van der Waals surface area contributed by atoms with Crippen molar-refractivity contribution in [3.63, 3.8) is 0 Å². The van der Waals surface area contributed by atoms with Gasteiger partial charge in [0.05, 0.1) is 28.5 Å². The average molecular weight is 498 g/mol. The first kappa shape index (κ1) is 22.5. The summed E-state index contributed by atoms with van der Waals surface area (Å²) < 4.78 is 94.5. The predicted molar refractivity (Wildman–Crippen MR) is 112 cm³/mol. The van der Waals surface area contributed by atoms with E-state index in [4.69, 9.17) is 4.52 Å². The van der Waals surface area contributed by atoms with Crippen molar-refractivity contribution in [1.29, 1.82) is 0 Å². The van der Waals surface area contributed by atoms with Gasteiger partial charge in [-0.3, -0.25) is 4.57 Å². The lowest BCUT2D eigenvalue weighted by molar-refractivity contribution is -0.0244. The van der Waals surface area contributed by atoms with E-state index in [1.807, 2.05) is 0 Å². The van der Waals surface area contributed by atoms with Gasteiger partial charge in [0.25, 0.3) is 0 Å². The van der Waals surface area contributed by atoms with Crippen molar-refractivity contribution in [1.82, 2.24) is 19.0 Å². The van der Waals surface area contributed by atoms with E-state index < -0.39 is 75.3 Å². The van der Waals surface area contributed by atoms with E-state index in [9.17, 15) is 31.0 Å². The minimum Gasteiger partial charge on any atom is -0.354 e. The van der Waals surface area contributed by atoms with Crippen LogP contribution in [0.2, 0.25) is 0 Å². The second-order valence-corrected chi connectivity index (χ2v) is 9.11. The van der Waals surface area contributed by atoms with Gasteiger partial charge in [0.2, 0.25) is 0 Å². The standard InChI is InChI=1S/C21H15F5N4O3S/c1-2-34(32)28-14-8-29-15(21(14,25)26)9-30(20(29)31)19-18-13(33-27-19)7-6-12(24)17(18)16-10(22)4-3-5-11(16)23/h3-7,9,14,28H,2,8H2,1H3/t14-,34?/m1/s1. The molecule has 0 radical (unpaired) electrons. The maximum Gasteiger partial charge on any atom is 0.334 e. The lowest BCUT2D eigenvalue weighted by Gasteiger charge is -2.18. The van der Waals surface area contributed by atoms with Gasteiger partial charge >= 0.3 is 11.6 Å². The maximum absolute atomic E-state index is 15.0. The van der Waals surface area contributed by atoms with Crippen LogP contribution in [0.5, 0.6) is 0 Å². The number of nitrogens with one attached hydrogen (secondary N) is 1. The van der Waals surface area contributed by atoms with Gasteiger partial charge < -0.3 is 4.52 Å². The molecule has 0 spiro atoms. The number of hydrogen-bond donors (Lipinski definition) is 1. The molecule has 1 aliphatic heterocycles. The molecular weight excluding hydrogens is 483 g/mol. The summed E-state index contributed by atoms with van der Waals surface area (Å²) in [5.74, 6) is -7.06. The largest absolute Gasteiger partial charge is 0.354 e. The van der Waals surface area contributed by atoms with Crippen molar-refractivity contribution < 1.29 is 30.7 Å². The van der Waals surface area contributed by atoms with E-state index >= 15 is 0 Å². The van der Waals surface area contributed by atoms with Gasteiger partial charge in [-0.1, -0.05) is 18.1 Å². The van der Waals surface area contributed by atoms with E-state index in [1.54, 1.807) is 6.92 Å². The highest BCUT2D eigenvalue weighted by Gasteiger charge is 2.51. The summed E-state index contributed by atoms with van der Waals surface area (Å²) in [6, 6.07) is 3.43. The first-order chi connectivity index (χ1) is 16.1. The summed E-state index contributed by atoms with van der Waals surface area (Å²) >= 11 is 0. The molecule has 2 atom stereocenters. The molecule has 13 heteroatoms. The summed E-state index contributed by atoms with van der Waals surface area (Å²) in [6.45, 7) is 1.06. The zero-order chi connectivity index (χ0) is 24.4. The number of fused-ring (bicyclic) bond motifs is 2. The third-order valence-corrected chi connectivity index (χ3v) is 6.74. The minimum atomic E-state index is -3.57. The van der Waals surface area contributed by atoms with Gasteiger partial charge in [-0.05, 0) is 24.3 Å². The molecule has 4 aromatic rings. The fourth-order valence-electron chi connectivity index (χ4n) is 4.04. The number of rotatable bonds is 5. The van der Waals surface area contributed by atoms with Crippen LogP contribution in [0.25, 0.3) is 27.9 Å². The lowest BCUT2D eigenvalue weighted by Crippen LogP contribution is -2.42. The maximum atomic E-state index is 15.0. The van der Waals surface area contributed by atoms with Gasteiger partial charge in [-0.2, -0.15) is 8.78 Å². The molecule has 1 unspecified atom stereocenters. The zero-order valence-electron chi connectivity index (χ0n) is 17.3. The number of halogens is 5. The van der Waals surface area contributed by atoms with Gasteiger partial charge in [0.1, 0.15) is 29.2 Å². The Morgan fingerprint density at radius 3 is 2.47 bits per heavy atom. The summed E-state index contributed by atoms with van der Waals surface area (Å²) in [5.41, 5.74) is -3.04. The van der Waals surface area contributed by atoms with Gasteiger partial charge in [0.15, 0.2) is 11.4 Å². The molecule has 34 heavy (non-hydrogen) atoms. The summed E-state index contributed by atoms with van der Waals surface area (Å²) in [5, 5.41) is 3.44. The Bertz CT molecular complexity index is 1510. The molecule has 3 heterocycles. The van der Waals surface area contributed by atoms with Crippen molar-refractivity contribution in [3.05, 3.63) is 70.2 Å². The Balaban J connectivity index is 1.71. The quantitative estimate of drug-likeness (QED) is 0.427. The van der Waals surface area contributed by atoms with Crippen LogP contribution in [-0.4, -0.2) is 30.3 Å². The molecule has 7 nitrogen and oxygen atoms in total. The molecule has 0 saturated carbocycles. The van der Waals surface area contributed by atoms with E-state index in [1.165, 1.54) is 0 Å². The first-order valence-corrected chi connectivity index (χ1v) is 11.3. The summed E-state index contributed by atoms with van der Waals surface area (Å²) in [4.78, 5) is 13.0. The normalized spacial score (nSPS) is 17.9. The minimum absolute atomic E-state index is 0.0948. The number of aromatic nitrogens is 3. The Hall–Kier alpha value is -3.32. The smallest absolute Gasteiger partial charge is 0.334 e. The van der Waals surface area contributed by atoms with Crippen molar-refractivity contribution in [2.75, 3.05) is 5.75 Å². The lowest BCUT2D eigenvalue weighted by atomic mass is 9.99. The molecule has 2 aromatic carbocycles. The molecule has 0 aliphatic carbocycles. The van der Waals surface area contributed by atoms with Crippen LogP contribution in [0.15, 0.2) is 45.8 Å². The molecule has 1 aliphatic rings. The van der Waals surface area contributed by atoms with E-state index in [2.05, 4.69) is 9.88 Å². The third kappa shape index (κ3) is 3.21. The van der Waals surface area contributed by atoms with Gasteiger partial charge in [-0.15, -0.1) is 0 Å². The van der Waals surface area contributed by atoms with Crippen molar-refractivity contribution in [2.45, 2.75) is 25.4 Å². The highest BCUT2D eigenvalue weighted by atomic mass is 32.2. The summed E-state index contributed by atoms with van der Waals surface area (Å²) in [6.07, 6.45) is 0.808. The van der Waals surface area contributed by atoms with Crippen molar-refractivity contribution in [3.8, 4) is 16.9 Å². The molecule has 178 valence electrons. The van der Waals surface area contributed by atoms with Crippen LogP contribution in [0.1, 0.15) is 12.6 Å². The highest BCUT2D eigenvalue weighted by Crippen LogP contribution is 2.40. The second-order valence-electron chi connectivity index (χ2n) is 7.60. The molecule has 0 amide bonds. The van der Waals surface area contributed by atoms with Crippen LogP contribution in [0.3, 0.4) is 0 Å². The first-order valence-electron chi connectivity index (χ1n) is 10.0. The number of imidazole rings is 1. The highest BCUT2D eigenvalue weighted by molar-refractivity contribution is 7.83. The predicted octanol–water partition coefficient (Wildman–Crippen LogP) is 3.61. The van der Waals surface area contributed by atoms with Crippen LogP contribution >= 0.6 is 0 Å². The fraction of sp³-hybridized carbons (Fsp3) is 0.238. The summed E-state index contributed by atoms with van der Waals surface area (Å²) in [7, 11) is -1.72. The molecule has 0 fully saturated rings. The molecule has 1 N–H and O–H groups in total. The topological polar surface area (TPSA) is 82.1 Å². The van der Waals surface area contributed by atoms with Gasteiger partial charge in [-0.25, -0.2) is 31.5 Å². The molecule has 0 saturated heterocycles. The molecule has 0 bridgehead atoms. The molecule has 2 aromatic heterocycles.